The molecule has 80 valence electrons. The van der Waals surface area contributed by atoms with Crippen LogP contribution in [0.1, 0.15) is 4.88 Å². The number of hydrogen-bond acceptors (Lipinski definition) is 3. The van der Waals surface area contributed by atoms with Crippen molar-refractivity contribution in [2.45, 2.75) is 11.1 Å². The summed E-state index contributed by atoms with van der Waals surface area (Å²) in [5, 5.41) is 0. The summed E-state index contributed by atoms with van der Waals surface area (Å²) in [4.78, 5) is 0.989. The van der Waals surface area contributed by atoms with E-state index in [0.717, 1.165) is 4.88 Å². The van der Waals surface area contributed by atoms with Crippen molar-refractivity contribution in [2.75, 3.05) is 19.5 Å². The first kappa shape index (κ1) is 12.0. The highest BCUT2D eigenvalue weighted by molar-refractivity contribution is 7.91. The minimum atomic E-state index is -3.31. The minimum absolute atomic E-state index is 0.306. The van der Waals surface area contributed by atoms with Crippen LogP contribution in [0, 0.1) is 6.92 Å². The van der Waals surface area contributed by atoms with Crippen LogP contribution in [0.15, 0.2) is 16.3 Å². The van der Waals surface area contributed by atoms with Gasteiger partial charge in [0.2, 0.25) is 0 Å². The molecule has 0 aliphatic rings. The molecule has 0 aliphatic carbocycles. The fraction of sp³-hybridized carbons (Fsp3) is 0.500. The Balaban J connectivity index is 2.96. The molecule has 0 bridgehead atoms. The molecule has 0 aromatic carbocycles. The maximum Gasteiger partial charge on any atom is 0.252 e. The largest absolute Gasteiger partial charge is 0.252 e. The van der Waals surface area contributed by atoms with E-state index in [1.165, 1.54) is 22.7 Å². The predicted molar refractivity (Wildman–Crippen MR) is 59.6 cm³/mol. The molecule has 6 heteroatoms. The second kappa shape index (κ2) is 4.61. The Morgan fingerprint density at radius 2 is 2.14 bits per heavy atom. The quantitative estimate of drug-likeness (QED) is 0.769. The zero-order chi connectivity index (χ0) is 10.8. The molecule has 0 fully saturated rings. The van der Waals surface area contributed by atoms with Crippen LogP contribution in [0.2, 0.25) is 0 Å². The van der Waals surface area contributed by atoms with Gasteiger partial charge in [0.25, 0.3) is 10.0 Å². The van der Waals surface area contributed by atoms with Gasteiger partial charge in [0, 0.05) is 24.3 Å². The van der Waals surface area contributed by atoms with Crippen LogP contribution in [0.25, 0.3) is 0 Å². The number of hydrogen-bond donors (Lipinski definition) is 0. The monoisotopic (exact) mass is 253 g/mol. The molecular weight excluding hydrogens is 242 g/mol. The molecule has 0 saturated carbocycles. The summed E-state index contributed by atoms with van der Waals surface area (Å²) in [5.41, 5.74) is 0. The zero-order valence-corrected chi connectivity index (χ0v) is 10.4. The number of halogens is 1. The van der Waals surface area contributed by atoms with Gasteiger partial charge in [-0.15, -0.1) is 22.9 Å². The molecule has 0 unspecified atom stereocenters. The van der Waals surface area contributed by atoms with E-state index >= 15 is 0 Å². The highest BCUT2D eigenvalue weighted by Gasteiger charge is 2.21. The Kier molecular flexibility index (Phi) is 3.94. The van der Waals surface area contributed by atoms with Crippen molar-refractivity contribution in [3.8, 4) is 0 Å². The molecule has 0 radical (unpaired) electrons. The van der Waals surface area contributed by atoms with E-state index in [2.05, 4.69) is 0 Å². The van der Waals surface area contributed by atoms with Crippen molar-refractivity contribution in [1.82, 2.24) is 4.31 Å². The van der Waals surface area contributed by atoms with E-state index in [4.69, 9.17) is 11.6 Å². The Hall–Kier alpha value is -0.100. The van der Waals surface area contributed by atoms with Crippen molar-refractivity contribution in [2.24, 2.45) is 0 Å². The summed E-state index contributed by atoms with van der Waals surface area (Å²) in [6, 6.07) is 3.42. The molecule has 3 nitrogen and oxygen atoms in total. The number of nitrogens with zero attached hydrogens (tertiary/aromatic N) is 1. The third-order valence-electron chi connectivity index (χ3n) is 1.78. The molecular formula is C8H12ClNO2S2. The third-order valence-corrected chi connectivity index (χ3v) is 5.27. The Morgan fingerprint density at radius 1 is 1.50 bits per heavy atom. The van der Waals surface area contributed by atoms with Crippen LogP contribution in [-0.4, -0.2) is 32.2 Å². The van der Waals surface area contributed by atoms with Crippen molar-refractivity contribution < 1.29 is 8.42 Å². The van der Waals surface area contributed by atoms with E-state index in [-0.39, 0.29) is 0 Å². The predicted octanol–water partition coefficient (Wildman–Crippen LogP) is 1.92. The van der Waals surface area contributed by atoms with Crippen LogP contribution in [0.4, 0.5) is 0 Å². The number of aryl methyl sites for hydroxylation is 1. The van der Waals surface area contributed by atoms with Crippen molar-refractivity contribution >= 4 is 33.0 Å². The standard InChI is InChI=1S/C8H12ClNO2S2/c1-7-3-4-8(13-7)14(11,12)10(2)6-5-9/h3-4H,5-6H2,1-2H3. The molecule has 0 aliphatic heterocycles. The molecule has 0 saturated heterocycles. The first-order valence-electron chi connectivity index (χ1n) is 4.07. The summed E-state index contributed by atoms with van der Waals surface area (Å²) in [7, 11) is -1.78. The Labute approximate surface area is 93.4 Å². The average Bonchev–Trinajstić information content (AvgIpc) is 2.52. The highest BCUT2D eigenvalue weighted by Crippen LogP contribution is 2.23. The second-order valence-electron chi connectivity index (χ2n) is 2.88. The SMILES string of the molecule is Cc1ccc(S(=O)(=O)N(C)CCCl)s1. The molecule has 0 spiro atoms. The lowest BCUT2D eigenvalue weighted by atomic mass is 10.5. The molecule has 0 amide bonds. The molecule has 1 rings (SSSR count). The van der Waals surface area contributed by atoms with Crippen LogP contribution in [0.3, 0.4) is 0 Å². The maximum absolute atomic E-state index is 11.8. The second-order valence-corrected chi connectivity index (χ2v) is 6.82. The van der Waals surface area contributed by atoms with E-state index in [1.54, 1.807) is 12.1 Å². The van der Waals surface area contributed by atoms with Crippen molar-refractivity contribution in [3.63, 3.8) is 0 Å². The first-order chi connectivity index (χ1) is 6.48. The summed E-state index contributed by atoms with van der Waals surface area (Å²) >= 11 is 6.77. The summed E-state index contributed by atoms with van der Waals surface area (Å²) < 4.78 is 25.3. The lowest BCUT2D eigenvalue weighted by molar-refractivity contribution is 0.490. The average molecular weight is 254 g/mol. The van der Waals surface area contributed by atoms with E-state index in [0.29, 0.717) is 16.6 Å². The van der Waals surface area contributed by atoms with Crippen LogP contribution in [-0.2, 0) is 10.0 Å². The van der Waals surface area contributed by atoms with Crippen molar-refractivity contribution in [3.05, 3.63) is 17.0 Å². The van der Waals surface area contributed by atoms with Crippen LogP contribution >= 0.6 is 22.9 Å². The molecule has 1 aromatic rings. The van der Waals surface area contributed by atoms with Gasteiger partial charge in [-0.25, -0.2) is 8.42 Å². The number of sulfonamides is 1. The normalized spacial score (nSPS) is 12.3. The number of alkyl halides is 1. The molecule has 1 aromatic heterocycles. The number of thiophene rings is 1. The highest BCUT2D eigenvalue weighted by atomic mass is 35.5. The Morgan fingerprint density at radius 3 is 2.57 bits per heavy atom. The first-order valence-corrected chi connectivity index (χ1v) is 6.86. The topological polar surface area (TPSA) is 37.4 Å². The molecule has 0 atom stereocenters. The van der Waals surface area contributed by atoms with Gasteiger partial charge in [-0.2, -0.15) is 4.31 Å². The summed E-state index contributed by atoms with van der Waals surface area (Å²) in [6.45, 7) is 2.21. The molecule has 1 heterocycles. The van der Waals surface area contributed by atoms with E-state index in [1.807, 2.05) is 6.92 Å². The van der Waals surface area contributed by atoms with Gasteiger partial charge in [0.1, 0.15) is 4.21 Å². The van der Waals surface area contributed by atoms with Crippen molar-refractivity contribution in [1.29, 1.82) is 0 Å². The van der Waals surface area contributed by atoms with Gasteiger partial charge in [-0.05, 0) is 19.1 Å². The van der Waals surface area contributed by atoms with Crippen LogP contribution in [0.5, 0.6) is 0 Å². The van der Waals surface area contributed by atoms with Gasteiger partial charge in [0.15, 0.2) is 0 Å². The van der Waals surface area contributed by atoms with Gasteiger partial charge in [0.05, 0.1) is 0 Å². The maximum atomic E-state index is 11.8. The summed E-state index contributed by atoms with van der Waals surface area (Å²) in [6.07, 6.45) is 0. The lowest BCUT2D eigenvalue weighted by Crippen LogP contribution is -2.28. The van der Waals surface area contributed by atoms with E-state index in [9.17, 15) is 8.42 Å². The Bertz CT molecular complexity index is 399. The van der Waals surface area contributed by atoms with Crippen LogP contribution < -0.4 is 0 Å². The molecule has 14 heavy (non-hydrogen) atoms. The van der Waals surface area contributed by atoms with E-state index < -0.39 is 10.0 Å². The third kappa shape index (κ3) is 2.48. The zero-order valence-electron chi connectivity index (χ0n) is 8.03. The van der Waals surface area contributed by atoms with Gasteiger partial charge >= 0.3 is 0 Å². The van der Waals surface area contributed by atoms with Gasteiger partial charge < -0.3 is 0 Å². The smallest absolute Gasteiger partial charge is 0.206 e. The number of rotatable bonds is 4. The summed E-state index contributed by atoms with van der Waals surface area (Å²) in [5.74, 6) is 0.306. The fourth-order valence-corrected chi connectivity index (χ4v) is 3.96. The van der Waals surface area contributed by atoms with Gasteiger partial charge in [-0.1, -0.05) is 0 Å². The lowest BCUT2D eigenvalue weighted by Gasteiger charge is -2.13. The molecule has 0 N–H and O–H groups in total. The minimum Gasteiger partial charge on any atom is -0.206 e. The fourth-order valence-electron chi connectivity index (χ4n) is 0.944. The van der Waals surface area contributed by atoms with Gasteiger partial charge in [-0.3, -0.25) is 0 Å².